The summed E-state index contributed by atoms with van der Waals surface area (Å²) in [5.41, 5.74) is 8.09. The molecule has 0 bridgehead atoms. The summed E-state index contributed by atoms with van der Waals surface area (Å²) in [6, 6.07) is 7.51. The normalized spacial score (nSPS) is 11.8. The highest BCUT2D eigenvalue weighted by atomic mass is 19.4. The summed E-state index contributed by atoms with van der Waals surface area (Å²) < 4.78 is 37.7. The molecule has 2 N–H and O–H groups in total. The van der Waals surface area contributed by atoms with Crippen LogP contribution in [0.5, 0.6) is 0 Å². The molecule has 102 valence electrons. The molecular weight excluding hydrogens is 255 g/mol. The molecule has 0 atom stereocenters. The van der Waals surface area contributed by atoms with Gasteiger partial charge in [-0.2, -0.15) is 18.3 Å². The van der Waals surface area contributed by atoms with E-state index >= 15 is 0 Å². The van der Waals surface area contributed by atoms with Gasteiger partial charge in [0.2, 0.25) is 0 Å². The molecule has 0 radical (unpaired) electrons. The second kappa shape index (κ2) is 5.44. The van der Waals surface area contributed by atoms with E-state index in [0.717, 1.165) is 15.8 Å². The standard InChI is InChI=1S/C13H14F3N3/c14-13(15,16)9-19-8-11(7-18-19)12-4-2-1-3-10(12)5-6-17/h1-4,7-8H,5-6,9,17H2. The molecule has 0 saturated heterocycles. The predicted octanol–water partition coefficient (Wildman–Crippen LogP) is 2.61. The van der Waals surface area contributed by atoms with Gasteiger partial charge in [0.15, 0.2) is 0 Å². The van der Waals surface area contributed by atoms with Crippen molar-refractivity contribution in [3.05, 3.63) is 42.2 Å². The van der Waals surface area contributed by atoms with Crippen molar-refractivity contribution in [2.75, 3.05) is 6.54 Å². The third-order valence-corrected chi connectivity index (χ3v) is 2.72. The number of aromatic nitrogens is 2. The van der Waals surface area contributed by atoms with E-state index in [1.54, 1.807) is 0 Å². The Morgan fingerprint density at radius 3 is 2.63 bits per heavy atom. The van der Waals surface area contributed by atoms with Gasteiger partial charge in [-0.25, -0.2) is 0 Å². The van der Waals surface area contributed by atoms with Crippen LogP contribution in [0.4, 0.5) is 13.2 Å². The number of nitrogens with zero attached hydrogens (tertiary/aromatic N) is 2. The van der Waals surface area contributed by atoms with Crippen molar-refractivity contribution in [2.45, 2.75) is 19.1 Å². The van der Waals surface area contributed by atoms with Crippen LogP contribution in [0.25, 0.3) is 11.1 Å². The fourth-order valence-corrected chi connectivity index (χ4v) is 1.95. The van der Waals surface area contributed by atoms with Crippen molar-refractivity contribution in [3.8, 4) is 11.1 Å². The predicted molar refractivity (Wildman–Crippen MR) is 66.5 cm³/mol. The minimum atomic E-state index is -4.26. The van der Waals surface area contributed by atoms with Crippen LogP contribution in [-0.2, 0) is 13.0 Å². The molecule has 1 aromatic heterocycles. The Labute approximate surface area is 108 Å². The molecular formula is C13H14F3N3. The van der Waals surface area contributed by atoms with Gasteiger partial charge in [-0.3, -0.25) is 4.68 Å². The van der Waals surface area contributed by atoms with Crippen molar-refractivity contribution in [1.82, 2.24) is 9.78 Å². The van der Waals surface area contributed by atoms with Gasteiger partial charge in [-0.1, -0.05) is 24.3 Å². The van der Waals surface area contributed by atoms with Crippen LogP contribution in [-0.4, -0.2) is 22.5 Å². The molecule has 0 unspecified atom stereocenters. The van der Waals surface area contributed by atoms with Crippen LogP contribution in [0, 0.1) is 0 Å². The first-order valence-corrected chi connectivity index (χ1v) is 5.87. The van der Waals surface area contributed by atoms with Crippen molar-refractivity contribution < 1.29 is 13.2 Å². The summed E-state index contributed by atoms with van der Waals surface area (Å²) in [6.07, 6.45) is -0.732. The largest absolute Gasteiger partial charge is 0.408 e. The number of halogens is 3. The highest BCUT2D eigenvalue weighted by Gasteiger charge is 2.28. The molecule has 0 aliphatic heterocycles. The third kappa shape index (κ3) is 3.57. The lowest BCUT2D eigenvalue weighted by atomic mass is 10.0. The van der Waals surface area contributed by atoms with Crippen molar-refractivity contribution in [1.29, 1.82) is 0 Å². The fraction of sp³-hybridized carbons (Fsp3) is 0.308. The van der Waals surface area contributed by atoms with Gasteiger partial charge in [-0.15, -0.1) is 0 Å². The second-order valence-corrected chi connectivity index (χ2v) is 4.24. The van der Waals surface area contributed by atoms with Crippen LogP contribution in [0.3, 0.4) is 0 Å². The maximum Gasteiger partial charge on any atom is 0.408 e. The van der Waals surface area contributed by atoms with E-state index in [0.29, 0.717) is 18.5 Å². The van der Waals surface area contributed by atoms with Gasteiger partial charge in [0.25, 0.3) is 0 Å². The Morgan fingerprint density at radius 1 is 1.21 bits per heavy atom. The van der Waals surface area contributed by atoms with Crippen LogP contribution in [0.1, 0.15) is 5.56 Å². The van der Waals surface area contributed by atoms with Gasteiger partial charge in [-0.05, 0) is 24.1 Å². The first kappa shape index (κ1) is 13.6. The van der Waals surface area contributed by atoms with E-state index in [9.17, 15) is 13.2 Å². The number of benzene rings is 1. The lowest BCUT2D eigenvalue weighted by molar-refractivity contribution is -0.142. The van der Waals surface area contributed by atoms with Crippen LogP contribution in [0.15, 0.2) is 36.7 Å². The maximum absolute atomic E-state index is 12.3. The number of hydrogen-bond donors (Lipinski definition) is 1. The lowest BCUT2D eigenvalue weighted by Gasteiger charge is -2.07. The summed E-state index contributed by atoms with van der Waals surface area (Å²) in [4.78, 5) is 0. The summed E-state index contributed by atoms with van der Waals surface area (Å²) in [5, 5.41) is 3.74. The zero-order valence-corrected chi connectivity index (χ0v) is 10.2. The van der Waals surface area contributed by atoms with Gasteiger partial charge < -0.3 is 5.73 Å². The Bertz CT molecular complexity index is 546. The molecule has 0 spiro atoms. The van der Waals surface area contributed by atoms with E-state index in [2.05, 4.69) is 5.10 Å². The molecule has 1 heterocycles. The molecule has 0 saturated carbocycles. The zero-order chi connectivity index (χ0) is 13.9. The van der Waals surface area contributed by atoms with Crippen LogP contribution < -0.4 is 5.73 Å². The van der Waals surface area contributed by atoms with Gasteiger partial charge in [0, 0.05) is 11.8 Å². The van der Waals surface area contributed by atoms with Crippen molar-refractivity contribution in [2.24, 2.45) is 5.73 Å². The van der Waals surface area contributed by atoms with Gasteiger partial charge in [0.1, 0.15) is 6.54 Å². The van der Waals surface area contributed by atoms with Crippen molar-refractivity contribution in [3.63, 3.8) is 0 Å². The molecule has 2 aromatic rings. The zero-order valence-electron chi connectivity index (χ0n) is 10.2. The van der Waals surface area contributed by atoms with Crippen LogP contribution in [0.2, 0.25) is 0 Å². The summed E-state index contributed by atoms with van der Waals surface area (Å²) in [7, 11) is 0. The molecule has 0 aliphatic rings. The maximum atomic E-state index is 12.3. The number of nitrogens with two attached hydrogens (primary N) is 1. The van der Waals surface area contributed by atoms with Gasteiger partial charge in [0.05, 0.1) is 6.20 Å². The summed E-state index contributed by atoms with van der Waals surface area (Å²) >= 11 is 0. The molecule has 6 heteroatoms. The molecule has 0 aliphatic carbocycles. The highest BCUT2D eigenvalue weighted by Crippen LogP contribution is 2.24. The smallest absolute Gasteiger partial charge is 0.330 e. The molecule has 0 amide bonds. The lowest BCUT2D eigenvalue weighted by Crippen LogP contribution is -2.17. The summed E-state index contributed by atoms with van der Waals surface area (Å²) in [5.74, 6) is 0. The first-order chi connectivity index (χ1) is 8.99. The molecule has 3 nitrogen and oxygen atoms in total. The quantitative estimate of drug-likeness (QED) is 0.927. The average molecular weight is 269 g/mol. The Morgan fingerprint density at radius 2 is 1.95 bits per heavy atom. The van der Waals surface area contributed by atoms with E-state index in [-0.39, 0.29) is 0 Å². The van der Waals surface area contributed by atoms with E-state index in [4.69, 9.17) is 5.73 Å². The van der Waals surface area contributed by atoms with E-state index in [1.807, 2.05) is 24.3 Å². The summed E-state index contributed by atoms with van der Waals surface area (Å²) in [6.45, 7) is -0.584. The minimum absolute atomic E-state index is 0.494. The highest BCUT2D eigenvalue weighted by molar-refractivity contribution is 5.66. The SMILES string of the molecule is NCCc1ccccc1-c1cnn(CC(F)(F)F)c1. The Hall–Kier alpha value is -1.82. The number of alkyl halides is 3. The second-order valence-electron chi connectivity index (χ2n) is 4.24. The Balaban J connectivity index is 2.28. The fourth-order valence-electron chi connectivity index (χ4n) is 1.95. The molecule has 1 aromatic carbocycles. The van der Waals surface area contributed by atoms with Gasteiger partial charge >= 0.3 is 6.18 Å². The van der Waals surface area contributed by atoms with Crippen LogP contribution >= 0.6 is 0 Å². The van der Waals surface area contributed by atoms with Crippen molar-refractivity contribution >= 4 is 0 Å². The topological polar surface area (TPSA) is 43.8 Å². The van der Waals surface area contributed by atoms with E-state index in [1.165, 1.54) is 12.4 Å². The molecule has 19 heavy (non-hydrogen) atoms. The number of hydrogen-bond acceptors (Lipinski definition) is 2. The average Bonchev–Trinajstić information content (AvgIpc) is 2.76. The molecule has 2 rings (SSSR count). The third-order valence-electron chi connectivity index (χ3n) is 2.72. The first-order valence-electron chi connectivity index (χ1n) is 5.87. The Kier molecular flexibility index (Phi) is 3.90. The number of rotatable bonds is 4. The minimum Gasteiger partial charge on any atom is -0.330 e. The molecule has 0 fully saturated rings. The monoisotopic (exact) mass is 269 g/mol. The van der Waals surface area contributed by atoms with E-state index < -0.39 is 12.7 Å².